The quantitative estimate of drug-likeness (QED) is 0.122. The highest BCUT2D eigenvalue weighted by Crippen LogP contribution is 2.51. The van der Waals surface area contributed by atoms with Gasteiger partial charge in [-0.2, -0.15) is 0 Å². The van der Waals surface area contributed by atoms with Crippen LogP contribution in [0.3, 0.4) is 0 Å². The molecule has 0 aliphatic carbocycles. The van der Waals surface area contributed by atoms with Crippen LogP contribution in [0.5, 0.6) is 0 Å². The Morgan fingerprint density at radius 3 is 1.02 bits per heavy atom. The summed E-state index contributed by atoms with van der Waals surface area (Å²) in [6, 6.07) is 177. The van der Waals surface area contributed by atoms with Gasteiger partial charge in [0.1, 0.15) is 17.2 Å². The molecule has 140 heavy (non-hydrogen) atoms. The van der Waals surface area contributed by atoms with Gasteiger partial charge < -0.3 is 22.7 Å². The van der Waals surface area contributed by atoms with Gasteiger partial charge in [0.25, 0.3) is 0 Å². The molecule has 0 radical (unpaired) electrons. The number of para-hydroxylation sites is 6. The highest BCUT2D eigenvalue weighted by molar-refractivity contribution is 7.26. The Morgan fingerprint density at radius 1 is 0.186 bits per heavy atom. The maximum absolute atomic E-state index is 6.75. The molecule has 9 heteroatoms. The van der Waals surface area contributed by atoms with E-state index in [2.05, 4.69) is 496 Å². The van der Waals surface area contributed by atoms with Crippen LogP contribution in [-0.2, 0) is 0 Å². The normalized spacial score (nSPS) is 12.0. The molecule has 0 bridgehead atoms. The molecule has 0 N–H and O–H groups in total. The standard InChI is InChI=1S/C69H44N4O.C62H36N2S2/c1-4-21-45(22-5-1)56-35-20-40-63(70-56)73-59-38-16-10-31-52(59)64(46-23-6-2-7-24-46)68(73)48-27-18-29-50(43-48)71-57-36-14-11-32-53(57)66-60(71)41-42-61-67(66)54-33-12-15-37-58(54)72(61)51-30-19-28-49(44-51)69-65(47-25-8-3-9-26-47)55-34-13-17-39-62(55)74-69;1-5-13-53-49(11-1)61-55(63(53)45-25-21-37-17-19-39(31-43(37)33-45)41-23-29-59-51(35-41)47-9-3-7-15-57(47)65-59)27-28-56-62(61)50-12-2-6-14-54(50)64(56)46-26-22-38-18-20-40(32-44(38)34-46)42-24-30-60-52(36-42)48-10-4-8-16-58(48)66-60/h1-44H;1-36H. The Labute approximate surface area is 811 Å². The molecule has 9 heterocycles. The molecule has 0 aliphatic heterocycles. The number of pyridine rings is 1. The summed E-state index contributed by atoms with van der Waals surface area (Å²) >= 11 is 3.74. The molecule has 7 nitrogen and oxygen atoms in total. The molecule has 652 valence electrons. The van der Waals surface area contributed by atoms with Crippen molar-refractivity contribution in [3.8, 4) is 107 Å². The van der Waals surface area contributed by atoms with E-state index in [0.717, 1.165) is 118 Å². The smallest absolute Gasteiger partial charge is 0.143 e. The predicted octanol–water partition coefficient (Wildman–Crippen LogP) is 36.6. The number of fused-ring (bicyclic) bond motifs is 24. The Balaban J connectivity index is 0.000000135. The van der Waals surface area contributed by atoms with Crippen LogP contribution in [0.2, 0.25) is 0 Å². The lowest BCUT2D eigenvalue weighted by Crippen LogP contribution is -2.02. The SMILES string of the molecule is c1ccc(-c2cccc(-n3c(-c4cccc(-n5c6ccccc6c6c7c8ccccc8n(-c8cccc(-c9oc%10ccccc%10c9-c9ccccc9)c8)c7ccc65)c4)c(-c4ccccc4)c4ccccc43)n2)cc1.c1ccc2c(c1)sc1ccc(-c3ccc4ccc(-n5c6ccccc6c6c7c8ccccc8n(-c8ccc9ccc(-c%10ccc%11sc%12ccccc%12c%11c%10)cc9c8)c7ccc65)cc4c3)cc12. The lowest BCUT2D eigenvalue weighted by Gasteiger charge is -2.16. The topological polar surface area (TPSA) is 50.7 Å². The first-order valence-corrected chi connectivity index (χ1v) is 49.4. The lowest BCUT2D eigenvalue weighted by molar-refractivity contribution is 0.632. The average Bonchev–Trinajstić information content (AvgIpc) is 1.54. The van der Waals surface area contributed by atoms with Crippen LogP contribution in [0.1, 0.15) is 0 Å². The number of nitrogens with zero attached hydrogens (tertiary/aromatic N) is 6. The molecule has 0 saturated heterocycles. The molecule has 0 saturated carbocycles. The van der Waals surface area contributed by atoms with Gasteiger partial charge in [0.15, 0.2) is 0 Å². The van der Waals surface area contributed by atoms with Crippen LogP contribution in [0.15, 0.2) is 490 Å². The molecule has 21 aromatic carbocycles. The summed E-state index contributed by atoms with van der Waals surface area (Å²) in [6.45, 7) is 0. The van der Waals surface area contributed by atoms with Gasteiger partial charge in [-0.1, -0.05) is 315 Å². The monoisotopic (exact) mass is 1820 g/mol. The Kier molecular flexibility index (Phi) is 18.0. The minimum Gasteiger partial charge on any atom is -0.455 e. The summed E-state index contributed by atoms with van der Waals surface area (Å²) in [5, 5.41) is 22.4. The van der Waals surface area contributed by atoms with E-state index in [-0.39, 0.29) is 0 Å². The summed E-state index contributed by atoms with van der Waals surface area (Å²) in [4.78, 5) is 5.38. The summed E-state index contributed by atoms with van der Waals surface area (Å²) in [5.74, 6) is 1.72. The lowest BCUT2D eigenvalue weighted by atomic mass is 9.98. The van der Waals surface area contributed by atoms with Crippen molar-refractivity contribution in [2.75, 3.05) is 0 Å². The van der Waals surface area contributed by atoms with Gasteiger partial charge in [-0.25, -0.2) is 4.98 Å². The zero-order chi connectivity index (χ0) is 91.7. The Morgan fingerprint density at radius 2 is 0.536 bits per heavy atom. The maximum atomic E-state index is 6.75. The number of benzene rings is 21. The number of aromatic nitrogens is 6. The number of hydrogen-bond donors (Lipinski definition) is 0. The zero-order valence-electron chi connectivity index (χ0n) is 75.6. The second-order valence-corrected chi connectivity index (χ2v) is 38.9. The van der Waals surface area contributed by atoms with E-state index in [4.69, 9.17) is 9.40 Å². The number of hydrogen-bond acceptors (Lipinski definition) is 4. The van der Waals surface area contributed by atoms with Gasteiger partial charge in [0, 0.05) is 145 Å². The Hall–Kier alpha value is -18.0. The van der Waals surface area contributed by atoms with Crippen LogP contribution in [0, 0.1) is 0 Å². The third-order valence-corrected chi connectivity index (χ3v) is 31.2. The van der Waals surface area contributed by atoms with Crippen LogP contribution < -0.4 is 0 Å². The number of thiophene rings is 2. The molecular formula is C131H80N6OS2. The summed E-state index contributed by atoms with van der Waals surface area (Å²) < 4.78 is 24.3. The van der Waals surface area contributed by atoms with Crippen molar-refractivity contribution >= 4 is 194 Å². The molecule has 0 amide bonds. The van der Waals surface area contributed by atoms with Crippen LogP contribution in [0.4, 0.5) is 0 Å². The van der Waals surface area contributed by atoms with Gasteiger partial charge >= 0.3 is 0 Å². The molecule has 0 spiro atoms. The minimum atomic E-state index is 0.862. The number of furan rings is 1. The van der Waals surface area contributed by atoms with Crippen molar-refractivity contribution < 1.29 is 4.42 Å². The zero-order valence-corrected chi connectivity index (χ0v) is 77.2. The van der Waals surface area contributed by atoms with Gasteiger partial charge in [-0.3, -0.25) is 4.57 Å². The van der Waals surface area contributed by atoms with E-state index in [9.17, 15) is 0 Å². The maximum Gasteiger partial charge on any atom is 0.143 e. The highest BCUT2D eigenvalue weighted by atomic mass is 32.1. The van der Waals surface area contributed by atoms with Crippen molar-refractivity contribution in [1.82, 2.24) is 27.8 Å². The van der Waals surface area contributed by atoms with Crippen molar-refractivity contribution in [1.29, 1.82) is 0 Å². The number of rotatable bonds is 12. The van der Waals surface area contributed by atoms with E-state index in [1.807, 2.05) is 34.8 Å². The van der Waals surface area contributed by atoms with Crippen LogP contribution in [-0.4, -0.2) is 27.8 Å². The van der Waals surface area contributed by atoms with Crippen LogP contribution >= 0.6 is 22.7 Å². The van der Waals surface area contributed by atoms with E-state index in [1.54, 1.807) is 0 Å². The second-order valence-electron chi connectivity index (χ2n) is 36.7. The fourth-order valence-electron chi connectivity index (χ4n) is 22.8. The van der Waals surface area contributed by atoms with Gasteiger partial charge in [0.05, 0.1) is 61.0 Å². The molecule has 0 unspecified atom stereocenters. The first kappa shape index (κ1) is 79.4. The van der Waals surface area contributed by atoms with Crippen molar-refractivity contribution in [2.45, 2.75) is 0 Å². The third kappa shape index (κ3) is 12.6. The summed E-state index contributed by atoms with van der Waals surface area (Å²) in [6.07, 6.45) is 0. The van der Waals surface area contributed by atoms with Gasteiger partial charge in [0.2, 0.25) is 0 Å². The van der Waals surface area contributed by atoms with E-state index in [0.29, 0.717) is 0 Å². The molecule has 30 aromatic rings. The third-order valence-electron chi connectivity index (χ3n) is 28.9. The molecule has 9 aromatic heterocycles. The molecule has 0 aliphatic rings. The Bertz CT molecular complexity index is 10100. The predicted molar refractivity (Wildman–Crippen MR) is 593 cm³/mol. The molecule has 0 atom stereocenters. The minimum absolute atomic E-state index is 0.862. The molecule has 30 rings (SSSR count). The summed E-state index contributed by atoms with van der Waals surface area (Å²) in [7, 11) is 0. The van der Waals surface area contributed by atoms with E-state index in [1.165, 1.54) is 160 Å². The van der Waals surface area contributed by atoms with E-state index < -0.39 is 0 Å². The van der Waals surface area contributed by atoms with Crippen molar-refractivity contribution in [3.63, 3.8) is 0 Å². The first-order valence-electron chi connectivity index (χ1n) is 47.8. The average molecular weight is 1820 g/mol. The van der Waals surface area contributed by atoms with Gasteiger partial charge in [-0.15, -0.1) is 22.7 Å². The molecular weight excluding hydrogens is 1740 g/mol. The van der Waals surface area contributed by atoms with Crippen molar-refractivity contribution in [2.24, 2.45) is 0 Å². The fourth-order valence-corrected chi connectivity index (χ4v) is 24.9. The largest absolute Gasteiger partial charge is 0.455 e. The first-order chi connectivity index (χ1) is 69.4. The summed E-state index contributed by atoms with van der Waals surface area (Å²) in [5.41, 5.74) is 30.5. The van der Waals surface area contributed by atoms with Crippen molar-refractivity contribution in [3.05, 3.63) is 485 Å². The van der Waals surface area contributed by atoms with Gasteiger partial charge in [-0.05, 0) is 225 Å². The highest BCUT2D eigenvalue weighted by Gasteiger charge is 2.29. The van der Waals surface area contributed by atoms with E-state index >= 15 is 0 Å². The fraction of sp³-hybridized carbons (Fsp3) is 0. The second kappa shape index (κ2) is 31.8. The molecule has 0 fully saturated rings. The van der Waals surface area contributed by atoms with Crippen LogP contribution in [0.25, 0.3) is 278 Å².